The second-order valence-corrected chi connectivity index (χ2v) is 7.33. The van der Waals surface area contributed by atoms with Crippen LogP contribution in [0, 0.1) is 5.92 Å². The number of benzene rings is 1. The maximum Gasteiger partial charge on any atom is 0.219 e. The van der Waals surface area contributed by atoms with Crippen LogP contribution in [0.5, 0.6) is 5.75 Å². The van der Waals surface area contributed by atoms with Gasteiger partial charge in [0.15, 0.2) is 0 Å². The van der Waals surface area contributed by atoms with Crippen molar-refractivity contribution in [3.8, 4) is 5.75 Å². The number of hydrogen-bond donors (Lipinski definition) is 2. The number of Topliss-reactive ketones (excluding diaryl/α,β-unsaturated/α-hetero) is 1. The number of hydrogen-bond acceptors (Lipinski definition) is 4. The molecule has 1 aliphatic rings. The molecule has 1 aliphatic carbocycles. The Morgan fingerprint density at radius 1 is 1.41 bits per heavy atom. The van der Waals surface area contributed by atoms with Gasteiger partial charge in [0.2, 0.25) is 5.91 Å². The van der Waals surface area contributed by atoms with Gasteiger partial charge >= 0.3 is 0 Å². The van der Waals surface area contributed by atoms with E-state index in [4.69, 9.17) is 16.3 Å². The number of aliphatic hydroxyl groups excluding tert-OH is 1. The molecule has 0 spiro atoms. The number of rotatable bonds is 11. The second kappa shape index (κ2) is 12.2. The van der Waals surface area contributed by atoms with Gasteiger partial charge < -0.3 is 15.2 Å². The van der Waals surface area contributed by atoms with Gasteiger partial charge in [0, 0.05) is 30.8 Å². The van der Waals surface area contributed by atoms with Crippen LogP contribution >= 0.6 is 11.6 Å². The molecule has 1 aromatic carbocycles. The van der Waals surface area contributed by atoms with Crippen molar-refractivity contribution in [3.05, 3.63) is 65.2 Å². The molecule has 29 heavy (non-hydrogen) atoms. The number of amides is 1. The van der Waals surface area contributed by atoms with Crippen LogP contribution in [0.3, 0.4) is 0 Å². The Balaban J connectivity index is 1.77. The number of ketones is 1. The van der Waals surface area contributed by atoms with E-state index in [0.29, 0.717) is 30.0 Å². The quantitative estimate of drug-likeness (QED) is 0.421. The molecular formula is C23H28ClNO4. The predicted molar refractivity (Wildman–Crippen MR) is 115 cm³/mol. The van der Waals surface area contributed by atoms with Gasteiger partial charge in [0.25, 0.3) is 0 Å². The highest BCUT2D eigenvalue weighted by molar-refractivity contribution is 6.30. The summed E-state index contributed by atoms with van der Waals surface area (Å²) in [5, 5.41) is 13.3. The molecule has 0 bridgehead atoms. The summed E-state index contributed by atoms with van der Waals surface area (Å²) in [6, 6.07) is 7.00. The molecule has 0 fully saturated rings. The highest BCUT2D eigenvalue weighted by Gasteiger charge is 2.24. The summed E-state index contributed by atoms with van der Waals surface area (Å²) in [6.45, 7) is 0.105. The van der Waals surface area contributed by atoms with Gasteiger partial charge in [-0.2, -0.15) is 0 Å². The highest BCUT2D eigenvalue weighted by atomic mass is 35.5. The minimum Gasteiger partial charge on any atom is -0.491 e. The average molecular weight is 418 g/mol. The molecule has 6 heteroatoms. The number of aliphatic hydroxyl groups is 1. The summed E-state index contributed by atoms with van der Waals surface area (Å²) in [4.78, 5) is 23.3. The molecule has 1 amide bonds. The predicted octanol–water partition coefficient (Wildman–Crippen LogP) is 4.01. The first kappa shape index (κ1) is 22.9. The third-order valence-electron chi connectivity index (χ3n) is 4.65. The van der Waals surface area contributed by atoms with E-state index in [1.54, 1.807) is 43.5 Å². The van der Waals surface area contributed by atoms with Crippen molar-refractivity contribution in [1.29, 1.82) is 0 Å². The molecule has 0 saturated carbocycles. The van der Waals surface area contributed by atoms with Gasteiger partial charge in [-0.1, -0.05) is 48.0 Å². The molecule has 5 nitrogen and oxygen atoms in total. The van der Waals surface area contributed by atoms with E-state index in [1.165, 1.54) is 0 Å². The fourth-order valence-corrected chi connectivity index (χ4v) is 3.19. The van der Waals surface area contributed by atoms with Crippen molar-refractivity contribution < 1.29 is 19.4 Å². The lowest BCUT2D eigenvalue weighted by molar-refractivity contribution is -0.121. The number of halogens is 1. The Bertz CT molecular complexity index is 785. The van der Waals surface area contributed by atoms with Gasteiger partial charge in [-0.25, -0.2) is 0 Å². The number of nitrogens with one attached hydrogen (secondary N) is 1. The highest BCUT2D eigenvalue weighted by Crippen LogP contribution is 2.27. The molecule has 0 aromatic heterocycles. The molecule has 0 saturated heterocycles. The topological polar surface area (TPSA) is 75.6 Å². The summed E-state index contributed by atoms with van der Waals surface area (Å²) >= 11 is 5.91. The first-order valence-electron chi connectivity index (χ1n) is 9.82. The van der Waals surface area contributed by atoms with Crippen LogP contribution in [0.4, 0.5) is 0 Å². The van der Waals surface area contributed by atoms with Gasteiger partial charge in [0.05, 0.1) is 0 Å². The smallest absolute Gasteiger partial charge is 0.219 e. The molecule has 156 valence electrons. The van der Waals surface area contributed by atoms with E-state index in [2.05, 4.69) is 5.32 Å². The minimum absolute atomic E-state index is 0.0395. The SMILES string of the molecule is CNC(=O)CCCC=CC[C@H]1C(=O)CC=C1C=CC(O)COc1cccc(Cl)c1. The number of unbranched alkanes of at least 4 members (excludes halogenated alkanes) is 1. The molecule has 2 N–H and O–H groups in total. The maximum absolute atomic E-state index is 12.1. The summed E-state index contributed by atoms with van der Waals surface area (Å²) in [6.07, 6.45) is 11.7. The Morgan fingerprint density at radius 2 is 2.24 bits per heavy atom. The van der Waals surface area contributed by atoms with Crippen molar-refractivity contribution in [2.24, 2.45) is 5.92 Å². The van der Waals surface area contributed by atoms with Crippen molar-refractivity contribution in [1.82, 2.24) is 5.32 Å². The van der Waals surface area contributed by atoms with Crippen molar-refractivity contribution in [3.63, 3.8) is 0 Å². The van der Waals surface area contributed by atoms with Gasteiger partial charge in [-0.15, -0.1) is 0 Å². The summed E-state index contributed by atoms with van der Waals surface area (Å²) in [7, 11) is 1.63. The molecular weight excluding hydrogens is 390 g/mol. The Kier molecular flexibility index (Phi) is 9.68. The van der Waals surface area contributed by atoms with E-state index in [0.717, 1.165) is 18.4 Å². The zero-order chi connectivity index (χ0) is 21.1. The molecule has 1 unspecified atom stereocenters. The molecule has 2 rings (SSSR count). The Hall–Kier alpha value is -2.37. The molecule has 0 radical (unpaired) electrons. The number of ether oxygens (including phenoxy) is 1. The molecule has 1 aromatic rings. The number of allylic oxidation sites excluding steroid dienone is 5. The summed E-state index contributed by atoms with van der Waals surface area (Å²) in [5.41, 5.74) is 0.923. The van der Waals surface area contributed by atoms with Crippen LogP contribution in [-0.2, 0) is 9.59 Å². The lowest BCUT2D eigenvalue weighted by Gasteiger charge is -2.11. The first-order chi connectivity index (χ1) is 14.0. The van der Waals surface area contributed by atoms with Crippen molar-refractivity contribution >= 4 is 23.3 Å². The van der Waals surface area contributed by atoms with Crippen LogP contribution in [-0.4, -0.2) is 36.6 Å². The zero-order valence-electron chi connectivity index (χ0n) is 16.6. The van der Waals surface area contributed by atoms with Gasteiger partial charge in [-0.3, -0.25) is 9.59 Å². The van der Waals surface area contributed by atoms with Crippen LogP contribution in [0.2, 0.25) is 5.02 Å². The zero-order valence-corrected chi connectivity index (χ0v) is 17.4. The Labute approximate surface area is 177 Å². The van der Waals surface area contributed by atoms with E-state index >= 15 is 0 Å². The third-order valence-corrected chi connectivity index (χ3v) is 4.88. The normalized spacial score (nSPS) is 17.7. The van der Waals surface area contributed by atoms with E-state index < -0.39 is 6.10 Å². The van der Waals surface area contributed by atoms with E-state index in [-0.39, 0.29) is 24.2 Å². The van der Waals surface area contributed by atoms with E-state index in [1.807, 2.05) is 18.2 Å². The van der Waals surface area contributed by atoms with Crippen molar-refractivity contribution in [2.45, 2.75) is 38.2 Å². The molecule has 2 atom stereocenters. The number of carbonyl (C=O) groups excluding carboxylic acids is 2. The monoisotopic (exact) mass is 417 g/mol. The summed E-state index contributed by atoms with van der Waals surface area (Å²) < 4.78 is 5.53. The van der Waals surface area contributed by atoms with E-state index in [9.17, 15) is 14.7 Å². The first-order valence-corrected chi connectivity index (χ1v) is 10.2. The Morgan fingerprint density at radius 3 is 3.00 bits per heavy atom. The number of carbonyl (C=O) groups is 2. The fourth-order valence-electron chi connectivity index (χ4n) is 3.01. The largest absolute Gasteiger partial charge is 0.491 e. The maximum atomic E-state index is 12.1. The van der Waals surface area contributed by atoms with Crippen molar-refractivity contribution in [2.75, 3.05) is 13.7 Å². The summed E-state index contributed by atoms with van der Waals surface area (Å²) in [5.74, 6) is 0.643. The van der Waals surface area contributed by atoms with Crippen LogP contribution in [0.1, 0.15) is 32.1 Å². The lowest BCUT2D eigenvalue weighted by Crippen LogP contribution is -2.16. The van der Waals surface area contributed by atoms with Crippen LogP contribution in [0.15, 0.2) is 60.2 Å². The van der Waals surface area contributed by atoms with Crippen LogP contribution < -0.4 is 10.1 Å². The average Bonchev–Trinajstić information content (AvgIpc) is 3.06. The fraction of sp³-hybridized carbons (Fsp3) is 0.391. The van der Waals surface area contributed by atoms with Gasteiger partial charge in [0.1, 0.15) is 24.2 Å². The second-order valence-electron chi connectivity index (χ2n) is 6.89. The van der Waals surface area contributed by atoms with Gasteiger partial charge in [-0.05, 0) is 43.0 Å². The van der Waals surface area contributed by atoms with Crippen LogP contribution in [0.25, 0.3) is 0 Å². The third kappa shape index (κ3) is 8.26. The lowest BCUT2D eigenvalue weighted by atomic mass is 9.95. The minimum atomic E-state index is -0.786. The standard InChI is InChI=1S/C23H28ClNO4/c1-25-23(28)10-5-3-2-4-9-21-17(12-14-22(21)27)11-13-19(26)16-29-20-8-6-7-18(24)15-20/h2,4,6-8,11-13,15,19,21,26H,3,5,9-10,14,16H2,1H3,(H,25,28)/t19?,21-/m1/s1. The molecule has 0 heterocycles. The molecule has 0 aliphatic heterocycles.